The molecule has 1 aromatic carbocycles. The van der Waals surface area contributed by atoms with Gasteiger partial charge in [0, 0.05) is 24.6 Å². The van der Waals surface area contributed by atoms with Gasteiger partial charge in [0.05, 0.1) is 0 Å². The number of hydrogen-bond donors (Lipinski definition) is 2. The largest absolute Gasteiger partial charge is 0.311 e. The molecule has 3 rings (SSSR count). The van der Waals surface area contributed by atoms with E-state index in [4.69, 9.17) is 0 Å². The van der Waals surface area contributed by atoms with Gasteiger partial charge in [-0.05, 0) is 25.0 Å². The lowest BCUT2D eigenvalue weighted by Crippen LogP contribution is -2.23. The molecule has 0 unspecified atom stereocenters. The van der Waals surface area contributed by atoms with Gasteiger partial charge in [-0.1, -0.05) is 24.6 Å². The average molecular weight is 298 g/mol. The predicted molar refractivity (Wildman–Crippen MR) is 84.0 cm³/mol. The van der Waals surface area contributed by atoms with Crippen LogP contribution >= 0.6 is 0 Å². The molecule has 1 atom stereocenters. The first kappa shape index (κ1) is 14.3. The van der Waals surface area contributed by atoms with Crippen LogP contribution in [0.2, 0.25) is 0 Å². The number of benzene rings is 1. The minimum Gasteiger partial charge on any atom is -0.311 e. The Morgan fingerprint density at radius 2 is 2.23 bits per heavy atom. The zero-order chi connectivity index (χ0) is 15.9. The van der Waals surface area contributed by atoms with Crippen molar-refractivity contribution in [2.75, 3.05) is 10.6 Å². The molecule has 6 nitrogen and oxygen atoms in total. The normalized spacial score (nSPS) is 16.9. The molecular weight excluding hydrogens is 280 g/mol. The van der Waals surface area contributed by atoms with Gasteiger partial charge in [-0.15, -0.1) is 0 Å². The topological polar surface area (TPSA) is 76.0 Å². The van der Waals surface area contributed by atoms with E-state index in [0.717, 1.165) is 11.1 Å². The summed E-state index contributed by atoms with van der Waals surface area (Å²) in [6, 6.07) is 7.39. The van der Waals surface area contributed by atoms with E-state index < -0.39 is 0 Å². The van der Waals surface area contributed by atoms with Crippen LogP contribution in [0.4, 0.5) is 11.6 Å². The molecule has 0 saturated carbocycles. The lowest BCUT2D eigenvalue weighted by molar-refractivity contribution is -0.116. The Hall–Kier alpha value is -2.63. The van der Waals surface area contributed by atoms with Gasteiger partial charge >= 0.3 is 0 Å². The molecule has 0 bridgehead atoms. The number of anilines is 2. The fourth-order valence-corrected chi connectivity index (χ4v) is 2.78. The van der Waals surface area contributed by atoms with E-state index in [0.29, 0.717) is 23.6 Å². The Kier molecular flexibility index (Phi) is 3.44. The van der Waals surface area contributed by atoms with Crippen LogP contribution in [0.1, 0.15) is 40.7 Å². The molecular formula is C16H18N4O2. The van der Waals surface area contributed by atoms with Crippen LogP contribution in [0.3, 0.4) is 0 Å². The quantitative estimate of drug-likeness (QED) is 0.894. The third-order valence-corrected chi connectivity index (χ3v) is 3.84. The van der Waals surface area contributed by atoms with E-state index in [9.17, 15) is 9.59 Å². The summed E-state index contributed by atoms with van der Waals surface area (Å²) < 4.78 is 1.59. The monoisotopic (exact) mass is 298 g/mol. The molecule has 0 spiro atoms. The second-order valence-electron chi connectivity index (χ2n) is 5.71. The van der Waals surface area contributed by atoms with Crippen molar-refractivity contribution in [1.82, 2.24) is 9.78 Å². The molecule has 0 fully saturated rings. The van der Waals surface area contributed by atoms with Crippen molar-refractivity contribution in [2.24, 2.45) is 7.05 Å². The summed E-state index contributed by atoms with van der Waals surface area (Å²) in [5.41, 5.74) is 2.49. The highest BCUT2D eigenvalue weighted by Gasteiger charge is 2.29. The van der Waals surface area contributed by atoms with Crippen molar-refractivity contribution in [2.45, 2.75) is 26.2 Å². The van der Waals surface area contributed by atoms with Crippen molar-refractivity contribution in [1.29, 1.82) is 0 Å². The van der Waals surface area contributed by atoms with Gasteiger partial charge in [0.25, 0.3) is 5.91 Å². The van der Waals surface area contributed by atoms with Gasteiger partial charge in [0.2, 0.25) is 5.91 Å². The highest BCUT2D eigenvalue weighted by molar-refractivity contribution is 6.05. The highest BCUT2D eigenvalue weighted by Crippen LogP contribution is 2.37. The van der Waals surface area contributed by atoms with Crippen molar-refractivity contribution < 1.29 is 9.59 Å². The molecule has 6 heteroatoms. The van der Waals surface area contributed by atoms with E-state index in [2.05, 4.69) is 15.7 Å². The number of nitrogens with zero attached hydrogens (tertiary/aromatic N) is 2. The number of rotatable bonds is 2. The lowest BCUT2D eigenvalue weighted by atomic mass is 9.95. The van der Waals surface area contributed by atoms with Crippen LogP contribution in [-0.4, -0.2) is 21.6 Å². The Morgan fingerprint density at radius 3 is 2.95 bits per heavy atom. The van der Waals surface area contributed by atoms with Gasteiger partial charge in [0.15, 0.2) is 5.82 Å². The first-order valence-corrected chi connectivity index (χ1v) is 7.20. The van der Waals surface area contributed by atoms with E-state index in [1.54, 1.807) is 17.8 Å². The average Bonchev–Trinajstić information content (AvgIpc) is 2.75. The van der Waals surface area contributed by atoms with Gasteiger partial charge in [-0.2, -0.15) is 5.10 Å². The van der Waals surface area contributed by atoms with Crippen molar-refractivity contribution in [3.63, 3.8) is 0 Å². The van der Waals surface area contributed by atoms with Gasteiger partial charge < -0.3 is 10.6 Å². The van der Waals surface area contributed by atoms with Gasteiger partial charge in [-0.3, -0.25) is 14.3 Å². The first-order valence-electron chi connectivity index (χ1n) is 7.20. The minimum absolute atomic E-state index is 0.0188. The second kappa shape index (κ2) is 5.29. The Bertz CT molecular complexity index is 764. The number of carbonyl (C=O) groups excluding carboxylic acids is 2. The zero-order valence-electron chi connectivity index (χ0n) is 12.8. The van der Waals surface area contributed by atoms with Crippen LogP contribution < -0.4 is 10.6 Å². The molecule has 0 aliphatic carbocycles. The fraction of sp³-hybridized carbons (Fsp3) is 0.312. The van der Waals surface area contributed by atoms with Crippen molar-refractivity contribution in [3.8, 4) is 0 Å². The van der Waals surface area contributed by atoms with Crippen LogP contribution in [0.5, 0.6) is 0 Å². The number of hydrogen-bond acceptors (Lipinski definition) is 3. The Morgan fingerprint density at radius 1 is 1.45 bits per heavy atom. The Balaban J connectivity index is 1.92. The summed E-state index contributed by atoms with van der Waals surface area (Å²) in [6.45, 7) is 3.90. The maximum absolute atomic E-state index is 12.4. The number of nitrogens with one attached hydrogen (secondary N) is 2. The molecule has 0 saturated heterocycles. The maximum Gasteiger partial charge on any atom is 0.256 e. The van der Waals surface area contributed by atoms with E-state index >= 15 is 0 Å². The van der Waals surface area contributed by atoms with Gasteiger partial charge in [0.1, 0.15) is 5.82 Å². The highest BCUT2D eigenvalue weighted by atomic mass is 16.2. The smallest absolute Gasteiger partial charge is 0.256 e. The van der Waals surface area contributed by atoms with Crippen LogP contribution in [0, 0.1) is 6.92 Å². The molecule has 22 heavy (non-hydrogen) atoms. The molecule has 2 amide bonds. The fourth-order valence-electron chi connectivity index (χ4n) is 2.78. The predicted octanol–water partition coefficient (Wildman–Crippen LogP) is 2.43. The first-order chi connectivity index (χ1) is 10.5. The maximum atomic E-state index is 12.4. The minimum atomic E-state index is -0.200. The second-order valence-corrected chi connectivity index (χ2v) is 5.71. The number of fused-ring (bicyclic) bond motifs is 1. The number of carbonyl (C=O) groups is 2. The molecule has 2 N–H and O–H groups in total. The molecule has 0 radical (unpaired) electrons. The number of aromatic nitrogens is 2. The van der Waals surface area contributed by atoms with E-state index in [1.807, 2.05) is 32.0 Å². The van der Waals surface area contributed by atoms with Crippen LogP contribution in [0.25, 0.3) is 0 Å². The van der Waals surface area contributed by atoms with Crippen LogP contribution in [-0.2, 0) is 11.8 Å². The van der Waals surface area contributed by atoms with E-state index in [-0.39, 0.29) is 17.7 Å². The number of aryl methyl sites for hydroxylation is 2. The van der Waals surface area contributed by atoms with Crippen LogP contribution in [0.15, 0.2) is 24.3 Å². The standard InChI is InChI=1S/C16H18N4O2/c1-9-5-4-6-11(7-9)16(22)18-14-13-10(2)8-12(21)17-15(13)20(3)19-14/h4-7,10H,8H2,1-3H3,(H,17,21)(H,18,19,22)/t10-/m0/s1. The van der Waals surface area contributed by atoms with Crippen molar-refractivity contribution >= 4 is 23.5 Å². The third-order valence-electron chi connectivity index (χ3n) is 3.84. The SMILES string of the molecule is Cc1cccc(C(=O)Nc2nn(C)c3c2[C@@H](C)CC(=O)N3)c1. The summed E-state index contributed by atoms with van der Waals surface area (Å²) in [6.07, 6.45) is 0.395. The zero-order valence-corrected chi connectivity index (χ0v) is 12.8. The molecule has 2 heterocycles. The molecule has 1 aliphatic rings. The van der Waals surface area contributed by atoms with Gasteiger partial charge in [-0.25, -0.2) is 0 Å². The summed E-state index contributed by atoms with van der Waals surface area (Å²) in [5, 5.41) is 10.0. The molecule has 1 aliphatic heterocycles. The molecule has 114 valence electrons. The summed E-state index contributed by atoms with van der Waals surface area (Å²) in [5.74, 6) is 0.957. The summed E-state index contributed by atoms with van der Waals surface area (Å²) >= 11 is 0. The molecule has 2 aromatic rings. The van der Waals surface area contributed by atoms with E-state index in [1.165, 1.54) is 0 Å². The summed E-state index contributed by atoms with van der Waals surface area (Å²) in [4.78, 5) is 24.0. The molecule has 1 aromatic heterocycles. The Labute approximate surface area is 128 Å². The lowest BCUT2D eigenvalue weighted by Gasteiger charge is -2.20. The summed E-state index contributed by atoms with van der Waals surface area (Å²) in [7, 11) is 1.75. The van der Waals surface area contributed by atoms with Crippen molar-refractivity contribution in [3.05, 3.63) is 41.0 Å². The third kappa shape index (κ3) is 2.47. The number of amides is 2.